The molecule has 1 aromatic heterocycles. The van der Waals surface area contributed by atoms with Crippen molar-refractivity contribution in [3.63, 3.8) is 0 Å². The number of carbonyl (C=O) groups excluding carboxylic acids is 1. The Bertz CT molecular complexity index is 585. The SMILES string of the molecule is Cc1cc(C2CCOC2)oc(=O)c1C(=O)N1CC(F)C1. The van der Waals surface area contributed by atoms with E-state index in [0.717, 1.165) is 6.42 Å². The van der Waals surface area contributed by atoms with Crippen molar-refractivity contribution in [3.05, 3.63) is 33.4 Å². The summed E-state index contributed by atoms with van der Waals surface area (Å²) in [6, 6.07) is 1.72. The zero-order valence-electron chi connectivity index (χ0n) is 11.2. The molecule has 0 saturated carbocycles. The number of aryl methyl sites for hydroxylation is 1. The average molecular weight is 281 g/mol. The lowest BCUT2D eigenvalue weighted by Crippen LogP contribution is -2.52. The lowest BCUT2D eigenvalue weighted by molar-refractivity contribution is 0.0394. The van der Waals surface area contributed by atoms with Gasteiger partial charge in [-0.1, -0.05) is 0 Å². The van der Waals surface area contributed by atoms with Gasteiger partial charge >= 0.3 is 5.63 Å². The van der Waals surface area contributed by atoms with E-state index in [1.54, 1.807) is 13.0 Å². The molecule has 108 valence electrons. The second kappa shape index (κ2) is 5.01. The molecular weight excluding hydrogens is 265 g/mol. The largest absolute Gasteiger partial charge is 0.427 e. The molecule has 20 heavy (non-hydrogen) atoms. The van der Waals surface area contributed by atoms with Crippen molar-refractivity contribution < 1.29 is 18.3 Å². The van der Waals surface area contributed by atoms with Crippen LogP contribution in [0.15, 0.2) is 15.3 Å². The van der Waals surface area contributed by atoms with Gasteiger partial charge in [0, 0.05) is 12.5 Å². The predicted octanol–water partition coefficient (Wildman–Crippen LogP) is 1.25. The standard InChI is InChI=1S/C14H16FNO4/c1-8-4-11(9-2-3-19-7-9)20-14(18)12(8)13(17)16-5-10(15)6-16/h4,9-10H,2-3,5-7H2,1H3. The summed E-state index contributed by atoms with van der Waals surface area (Å²) in [6.07, 6.45) is -0.174. The molecule has 0 aromatic carbocycles. The highest BCUT2D eigenvalue weighted by Crippen LogP contribution is 2.26. The first kappa shape index (κ1) is 13.3. The number of hydrogen-bond acceptors (Lipinski definition) is 4. The van der Waals surface area contributed by atoms with Gasteiger partial charge in [-0.25, -0.2) is 9.18 Å². The lowest BCUT2D eigenvalue weighted by Gasteiger charge is -2.34. The smallest absolute Gasteiger partial charge is 0.349 e. The van der Waals surface area contributed by atoms with Gasteiger partial charge in [0.2, 0.25) is 0 Å². The van der Waals surface area contributed by atoms with Crippen molar-refractivity contribution in [1.29, 1.82) is 0 Å². The van der Waals surface area contributed by atoms with Crippen LogP contribution in [0.2, 0.25) is 0 Å². The quantitative estimate of drug-likeness (QED) is 0.818. The van der Waals surface area contributed by atoms with Crippen molar-refractivity contribution in [3.8, 4) is 0 Å². The van der Waals surface area contributed by atoms with Gasteiger partial charge in [0.1, 0.15) is 17.5 Å². The van der Waals surface area contributed by atoms with E-state index in [9.17, 15) is 14.0 Å². The van der Waals surface area contributed by atoms with Gasteiger partial charge < -0.3 is 14.1 Å². The maximum Gasteiger partial charge on any atom is 0.349 e. The fourth-order valence-electron chi connectivity index (χ4n) is 2.60. The van der Waals surface area contributed by atoms with Gasteiger partial charge in [0.05, 0.1) is 19.7 Å². The molecular formula is C14H16FNO4. The van der Waals surface area contributed by atoms with Crippen molar-refractivity contribution in [1.82, 2.24) is 4.90 Å². The van der Waals surface area contributed by atoms with Crippen molar-refractivity contribution in [2.45, 2.75) is 25.4 Å². The zero-order valence-corrected chi connectivity index (χ0v) is 11.2. The summed E-state index contributed by atoms with van der Waals surface area (Å²) in [4.78, 5) is 25.5. The Morgan fingerprint density at radius 3 is 2.75 bits per heavy atom. The average Bonchev–Trinajstić information content (AvgIpc) is 2.87. The van der Waals surface area contributed by atoms with E-state index in [1.165, 1.54) is 4.90 Å². The molecule has 2 saturated heterocycles. The molecule has 3 heterocycles. The third-order valence-electron chi connectivity index (χ3n) is 3.84. The minimum atomic E-state index is -0.985. The molecule has 0 aliphatic carbocycles. The number of hydrogen-bond donors (Lipinski definition) is 0. The molecule has 1 unspecified atom stereocenters. The third kappa shape index (κ3) is 2.24. The molecule has 1 atom stereocenters. The Hall–Kier alpha value is -1.69. The van der Waals surface area contributed by atoms with Gasteiger partial charge in [-0.3, -0.25) is 4.79 Å². The topological polar surface area (TPSA) is 59.8 Å². The first-order valence-corrected chi connectivity index (χ1v) is 6.72. The van der Waals surface area contributed by atoms with E-state index < -0.39 is 17.7 Å². The van der Waals surface area contributed by atoms with E-state index in [0.29, 0.717) is 24.5 Å². The molecule has 0 spiro atoms. The van der Waals surface area contributed by atoms with Crippen LogP contribution in [0.4, 0.5) is 4.39 Å². The second-order valence-corrected chi connectivity index (χ2v) is 5.36. The molecule has 1 aromatic rings. The van der Waals surface area contributed by atoms with Crippen molar-refractivity contribution in [2.24, 2.45) is 0 Å². The van der Waals surface area contributed by atoms with Crippen LogP contribution in [0.25, 0.3) is 0 Å². The van der Waals surface area contributed by atoms with Gasteiger partial charge in [0.15, 0.2) is 0 Å². The number of carbonyl (C=O) groups is 1. The molecule has 3 rings (SSSR count). The number of alkyl halides is 1. The number of nitrogens with zero attached hydrogens (tertiary/aromatic N) is 1. The molecule has 0 bridgehead atoms. The monoisotopic (exact) mass is 281 g/mol. The highest BCUT2D eigenvalue weighted by atomic mass is 19.1. The van der Waals surface area contributed by atoms with E-state index in [2.05, 4.69) is 0 Å². The summed E-state index contributed by atoms with van der Waals surface area (Å²) in [5.74, 6) is 0.192. The van der Waals surface area contributed by atoms with Crippen LogP contribution in [-0.4, -0.2) is 43.3 Å². The zero-order chi connectivity index (χ0) is 14.3. The van der Waals surface area contributed by atoms with E-state index in [1.807, 2.05) is 0 Å². The minimum Gasteiger partial charge on any atom is -0.427 e. The molecule has 1 amide bonds. The number of ether oxygens (including phenoxy) is 1. The Labute approximate surface area is 115 Å². The first-order valence-electron chi connectivity index (χ1n) is 6.72. The Kier molecular flexibility index (Phi) is 3.33. The molecule has 2 aliphatic heterocycles. The third-order valence-corrected chi connectivity index (χ3v) is 3.84. The van der Waals surface area contributed by atoms with E-state index in [-0.39, 0.29) is 24.6 Å². The van der Waals surface area contributed by atoms with Gasteiger partial charge in [-0.2, -0.15) is 0 Å². The van der Waals surface area contributed by atoms with Crippen LogP contribution in [0.5, 0.6) is 0 Å². The number of rotatable bonds is 2. The minimum absolute atomic E-state index is 0.0135. The number of amides is 1. The summed E-state index contributed by atoms with van der Waals surface area (Å²) in [5.41, 5.74) is -0.0470. The highest BCUT2D eigenvalue weighted by Gasteiger charge is 2.34. The molecule has 6 heteroatoms. The van der Waals surface area contributed by atoms with Gasteiger partial charge in [-0.15, -0.1) is 0 Å². The predicted molar refractivity (Wildman–Crippen MR) is 68.7 cm³/mol. The van der Waals surface area contributed by atoms with Crippen molar-refractivity contribution >= 4 is 5.91 Å². The summed E-state index contributed by atoms with van der Waals surface area (Å²) in [6.45, 7) is 2.99. The Morgan fingerprint density at radius 1 is 1.45 bits per heavy atom. The van der Waals surface area contributed by atoms with Crippen LogP contribution in [-0.2, 0) is 4.74 Å². The highest BCUT2D eigenvalue weighted by molar-refractivity contribution is 5.95. The maximum absolute atomic E-state index is 12.8. The maximum atomic E-state index is 12.8. The summed E-state index contributed by atoms with van der Waals surface area (Å²) in [5, 5.41) is 0. The van der Waals surface area contributed by atoms with E-state index in [4.69, 9.17) is 9.15 Å². The number of likely N-dealkylation sites (tertiary alicyclic amines) is 1. The summed E-state index contributed by atoms with van der Waals surface area (Å²) >= 11 is 0. The van der Waals surface area contributed by atoms with Crippen LogP contribution in [0, 0.1) is 6.92 Å². The first-order chi connectivity index (χ1) is 9.56. The van der Waals surface area contributed by atoms with Crippen LogP contribution >= 0.6 is 0 Å². The fourth-order valence-corrected chi connectivity index (χ4v) is 2.60. The fraction of sp³-hybridized carbons (Fsp3) is 0.571. The van der Waals surface area contributed by atoms with Crippen LogP contribution in [0.3, 0.4) is 0 Å². The van der Waals surface area contributed by atoms with Gasteiger partial charge in [-0.05, 0) is 25.0 Å². The molecule has 2 fully saturated rings. The molecule has 0 N–H and O–H groups in total. The van der Waals surface area contributed by atoms with Gasteiger partial charge in [0.25, 0.3) is 5.91 Å². The number of halogens is 1. The Morgan fingerprint density at radius 2 is 2.20 bits per heavy atom. The lowest BCUT2D eigenvalue weighted by atomic mass is 10.0. The van der Waals surface area contributed by atoms with Crippen LogP contribution < -0.4 is 5.63 Å². The van der Waals surface area contributed by atoms with Crippen LogP contribution in [0.1, 0.15) is 34.0 Å². The van der Waals surface area contributed by atoms with E-state index >= 15 is 0 Å². The summed E-state index contributed by atoms with van der Waals surface area (Å²) < 4.78 is 23.3. The molecule has 2 aliphatic rings. The van der Waals surface area contributed by atoms with Crippen molar-refractivity contribution in [2.75, 3.05) is 26.3 Å². The Balaban J connectivity index is 1.88. The second-order valence-electron chi connectivity index (χ2n) is 5.36. The molecule has 0 radical (unpaired) electrons. The summed E-state index contributed by atoms with van der Waals surface area (Å²) in [7, 11) is 0. The normalized spacial score (nSPS) is 22.9. The molecule has 5 nitrogen and oxygen atoms in total.